The van der Waals surface area contributed by atoms with E-state index in [0.29, 0.717) is 6.42 Å². The third-order valence-electron chi connectivity index (χ3n) is 3.03. The predicted octanol–water partition coefficient (Wildman–Crippen LogP) is 1.64. The van der Waals surface area contributed by atoms with Gasteiger partial charge >= 0.3 is 0 Å². The number of nitrogens with zero attached hydrogens (tertiary/aromatic N) is 1. The lowest BCUT2D eigenvalue weighted by Crippen LogP contribution is -2.31. The van der Waals surface area contributed by atoms with Gasteiger partial charge in [0.15, 0.2) is 11.5 Å². The van der Waals surface area contributed by atoms with E-state index in [1.54, 1.807) is 13.8 Å². The van der Waals surface area contributed by atoms with Crippen molar-refractivity contribution >= 4 is 5.69 Å². The Morgan fingerprint density at radius 3 is 2.50 bits per heavy atom. The van der Waals surface area contributed by atoms with E-state index in [1.165, 1.54) is 19.2 Å². The normalized spacial score (nSPS) is 13.7. The molecule has 1 atom stereocenters. The second kappa shape index (κ2) is 6.53. The van der Waals surface area contributed by atoms with Crippen molar-refractivity contribution in [2.24, 2.45) is 0 Å². The molecule has 20 heavy (non-hydrogen) atoms. The van der Waals surface area contributed by atoms with Gasteiger partial charge in [-0.15, -0.1) is 0 Å². The summed E-state index contributed by atoms with van der Waals surface area (Å²) in [4.78, 5) is 10.3. The molecule has 1 aromatic rings. The van der Waals surface area contributed by atoms with Crippen LogP contribution in [0.4, 0.5) is 5.69 Å². The quantitative estimate of drug-likeness (QED) is 0.583. The van der Waals surface area contributed by atoms with E-state index >= 15 is 0 Å². The molecule has 1 rings (SSSR count). The molecule has 1 unspecified atom stereocenters. The summed E-state index contributed by atoms with van der Waals surface area (Å²) >= 11 is 0. The summed E-state index contributed by atoms with van der Waals surface area (Å²) in [6.45, 7) is 2.92. The van der Waals surface area contributed by atoms with Crippen LogP contribution in [0.25, 0.3) is 0 Å². The molecule has 0 saturated heterocycles. The van der Waals surface area contributed by atoms with E-state index in [2.05, 4.69) is 0 Å². The summed E-state index contributed by atoms with van der Waals surface area (Å²) in [6.07, 6.45) is 0.478. The van der Waals surface area contributed by atoms with Gasteiger partial charge in [-0.1, -0.05) is 6.92 Å². The fraction of sp³-hybridized carbons (Fsp3) is 0.538. The van der Waals surface area contributed by atoms with E-state index in [0.717, 1.165) is 0 Å². The molecule has 0 spiro atoms. The Hall–Kier alpha value is -1.86. The van der Waals surface area contributed by atoms with Gasteiger partial charge in [0.05, 0.1) is 35.9 Å². The molecule has 0 aromatic heterocycles. The zero-order valence-electron chi connectivity index (χ0n) is 11.8. The minimum absolute atomic E-state index is 0.0184. The molecule has 0 fully saturated rings. The van der Waals surface area contributed by atoms with Gasteiger partial charge in [0.1, 0.15) is 6.61 Å². The number of nitro groups is 1. The molecule has 0 heterocycles. The first kappa shape index (κ1) is 16.2. The summed E-state index contributed by atoms with van der Waals surface area (Å²) in [5, 5.41) is 30.0. The molecule has 0 amide bonds. The molecule has 0 aliphatic carbocycles. The zero-order valence-corrected chi connectivity index (χ0v) is 11.8. The van der Waals surface area contributed by atoms with Gasteiger partial charge in [-0.05, 0) is 19.4 Å². The minimum atomic E-state index is -1.03. The van der Waals surface area contributed by atoms with Crippen LogP contribution in [0.2, 0.25) is 0 Å². The highest BCUT2D eigenvalue weighted by Gasteiger charge is 2.23. The van der Waals surface area contributed by atoms with Crippen LogP contribution >= 0.6 is 0 Å². The van der Waals surface area contributed by atoms with Crippen LogP contribution in [0, 0.1) is 10.1 Å². The van der Waals surface area contributed by atoms with Crippen molar-refractivity contribution < 1.29 is 24.6 Å². The van der Waals surface area contributed by atoms with E-state index in [4.69, 9.17) is 14.6 Å². The summed E-state index contributed by atoms with van der Waals surface area (Å²) in [7, 11) is 1.40. The smallest absolute Gasteiger partial charge is 0.278 e. The Morgan fingerprint density at radius 1 is 1.40 bits per heavy atom. The van der Waals surface area contributed by atoms with Crippen molar-refractivity contribution in [3.63, 3.8) is 0 Å². The van der Waals surface area contributed by atoms with Crippen LogP contribution in [-0.2, 0) is 6.61 Å². The van der Waals surface area contributed by atoms with Crippen LogP contribution in [0.1, 0.15) is 25.8 Å². The Labute approximate surface area is 116 Å². The van der Waals surface area contributed by atoms with Crippen molar-refractivity contribution in [2.45, 2.75) is 32.5 Å². The summed E-state index contributed by atoms with van der Waals surface area (Å²) in [5.41, 5.74) is -1.14. The lowest BCUT2D eigenvalue weighted by molar-refractivity contribution is -0.386. The summed E-state index contributed by atoms with van der Waals surface area (Å²) < 4.78 is 10.5. The van der Waals surface area contributed by atoms with Gasteiger partial charge in [0.25, 0.3) is 5.69 Å². The molecule has 2 N–H and O–H groups in total. The van der Waals surface area contributed by atoms with Crippen molar-refractivity contribution in [3.05, 3.63) is 27.8 Å². The standard InChI is InChI=1S/C13H19NO6/c1-4-13(2,16)8-20-12-6-10(14(17)18)9(7-15)5-11(12)19-3/h5-6,15-16H,4,7-8H2,1-3H3. The molecule has 0 radical (unpaired) electrons. The fourth-order valence-electron chi connectivity index (χ4n) is 1.50. The van der Waals surface area contributed by atoms with Crippen molar-refractivity contribution in [1.82, 2.24) is 0 Å². The molecule has 0 bridgehead atoms. The SMILES string of the molecule is CCC(C)(O)COc1cc([N+](=O)[O-])c(CO)cc1OC. The maximum atomic E-state index is 10.9. The van der Waals surface area contributed by atoms with E-state index in [9.17, 15) is 15.2 Å². The Kier molecular flexibility index (Phi) is 5.29. The van der Waals surface area contributed by atoms with Crippen LogP contribution in [0.15, 0.2) is 12.1 Å². The largest absolute Gasteiger partial charge is 0.493 e. The van der Waals surface area contributed by atoms with Gasteiger partial charge in [0.2, 0.25) is 0 Å². The van der Waals surface area contributed by atoms with Crippen LogP contribution in [0.5, 0.6) is 11.5 Å². The molecule has 0 aliphatic heterocycles. The molecular weight excluding hydrogens is 266 g/mol. The van der Waals surface area contributed by atoms with Gasteiger partial charge in [0, 0.05) is 0 Å². The van der Waals surface area contributed by atoms with Gasteiger partial charge < -0.3 is 19.7 Å². The van der Waals surface area contributed by atoms with Crippen molar-refractivity contribution in [2.75, 3.05) is 13.7 Å². The van der Waals surface area contributed by atoms with E-state index < -0.39 is 17.1 Å². The van der Waals surface area contributed by atoms with Gasteiger partial charge in [-0.3, -0.25) is 10.1 Å². The van der Waals surface area contributed by atoms with E-state index in [1.807, 2.05) is 0 Å². The average Bonchev–Trinajstić information content (AvgIpc) is 2.43. The van der Waals surface area contributed by atoms with Gasteiger partial charge in [-0.25, -0.2) is 0 Å². The first-order valence-corrected chi connectivity index (χ1v) is 6.16. The minimum Gasteiger partial charge on any atom is -0.493 e. The molecule has 7 nitrogen and oxygen atoms in total. The molecule has 7 heteroatoms. The molecular formula is C13H19NO6. The zero-order chi connectivity index (χ0) is 15.3. The number of hydrogen-bond donors (Lipinski definition) is 2. The maximum absolute atomic E-state index is 10.9. The highest BCUT2D eigenvalue weighted by Crippen LogP contribution is 2.35. The van der Waals surface area contributed by atoms with E-state index in [-0.39, 0.29) is 29.4 Å². The Morgan fingerprint density at radius 2 is 2.05 bits per heavy atom. The lowest BCUT2D eigenvalue weighted by Gasteiger charge is -2.22. The highest BCUT2D eigenvalue weighted by atomic mass is 16.6. The lowest BCUT2D eigenvalue weighted by atomic mass is 10.1. The average molecular weight is 285 g/mol. The number of aliphatic hydroxyl groups excluding tert-OH is 1. The van der Waals surface area contributed by atoms with Crippen molar-refractivity contribution in [1.29, 1.82) is 0 Å². The number of nitro benzene ring substituents is 1. The van der Waals surface area contributed by atoms with Crippen LogP contribution < -0.4 is 9.47 Å². The number of methoxy groups -OCH3 is 1. The van der Waals surface area contributed by atoms with Crippen LogP contribution in [0.3, 0.4) is 0 Å². The Bertz CT molecular complexity index is 486. The topological polar surface area (TPSA) is 102 Å². The van der Waals surface area contributed by atoms with Crippen molar-refractivity contribution in [3.8, 4) is 11.5 Å². The summed E-state index contributed by atoms with van der Waals surface area (Å²) in [6, 6.07) is 2.55. The predicted molar refractivity (Wildman–Crippen MR) is 72.0 cm³/mol. The monoisotopic (exact) mass is 285 g/mol. The number of rotatable bonds is 7. The number of aliphatic hydroxyl groups is 2. The van der Waals surface area contributed by atoms with Gasteiger partial charge in [-0.2, -0.15) is 0 Å². The molecule has 112 valence electrons. The first-order valence-electron chi connectivity index (χ1n) is 6.16. The number of hydrogen-bond acceptors (Lipinski definition) is 6. The Balaban J connectivity index is 3.11. The second-order valence-corrected chi connectivity index (χ2v) is 4.69. The maximum Gasteiger partial charge on any atom is 0.278 e. The number of ether oxygens (including phenoxy) is 2. The van der Waals surface area contributed by atoms with Crippen LogP contribution in [-0.4, -0.2) is 34.5 Å². The molecule has 1 aromatic carbocycles. The summed E-state index contributed by atoms with van der Waals surface area (Å²) in [5.74, 6) is 0.427. The fourth-order valence-corrected chi connectivity index (χ4v) is 1.50. The molecule has 0 aliphatic rings. The first-order chi connectivity index (χ1) is 9.34. The number of benzene rings is 1. The third-order valence-corrected chi connectivity index (χ3v) is 3.03. The molecule has 0 saturated carbocycles. The highest BCUT2D eigenvalue weighted by molar-refractivity contribution is 5.54. The third kappa shape index (κ3) is 3.82. The second-order valence-electron chi connectivity index (χ2n) is 4.69.